The lowest BCUT2D eigenvalue weighted by molar-refractivity contribution is -0.0124. The molecule has 0 amide bonds. The lowest BCUT2D eigenvalue weighted by Gasteiger charge is -2.21. The summed E-state index contributed by atoms with van der Waals surface area (Å²) in [4.78, 5) is 0. The standard InChI is InChI=1S/C17H27BrO8/c1-12-13(18)15(26-11-24-9-7-20-3)17(22-5)16(21-4)14(12)25-10-23-8-6-19-2/h6-11H2,1-5H3. The van der Waals surface area contributed by atoms with E-state index in [2.05, 4.69) is 15.9 Å². The molecular weight excluding hydrogens is 412 g/mol. The number of hydrogen-bond acceptors (Lipinski definition) is 8. The van der Waals surface area contributed by atoms with Crippen molar-refractivity contribution in [2.24, 2.45) is 0 Å². The van der Waals surface area contributed by atoms with Crippen LogP contribution in [-0.2, 0) is 18.9 Å². The van der Waals surface area contributed by atoms with Crippen molar-refractivity contribution in [3.63, 3.8) is 0 Å². The summed E-state index contributed by atoms with van der Waals surface area (Å²) in [5.74, 6) is 1.77. The van der Waals surface area contributed by atoms with Gasteiger partial charge in [0.2, 0.25) is 11.5 Å². The SMILES string of the molecule is COCCOCOc1c(C)c(Br)c(OCOCCOC)c(OC)c1OC. The smallest absolute Gasteiger partial charge is 0.208 e. The summed E-state index contributed by atoms with van der Waals surface area (Å²) in [6.45, 7) is 3.79. The minimum absolute atomic E-state index is 0.0429. The Morgan fingerprint density at radius 3 is 1.58 bits per heavy atom. The molecule has 0 atom stereocenters. The van der Waals surface area contributed by atoms with Gasteiger partial charge >= 0.3 is 0 Å². The molecule has 0 aliphatic heterocycles. The Morgan fingerprint density at radius 2 is 1.12 bits per heavy atom. The molecule has 1 rings (SSSR count). The molecule has 0 unspecified atom stereocenters. The number of methoxy groups -OCH3 is 4. The van der Waals surface area contributed by atoms with Crippen molar-refractivity contribution in [3.05, 3.63) is 10.0 Å². The molecule has 0 N–H and O–H groups in total. The maximum atomic E-state index is 5.73. The molecule has 0 saturated carbocycles. The van der Waals surface area contributed by atoms with Crippen molar-refractivity contribution in [2.45, 2.75) is 6.92 Å². The van der Waals surface area contributed by atoms with Crippen LogP contribution in [0, 0.1) is 6.92 Å². The fourth-order valence-corrected chi connectivity index (χ4v) is 2.50. The van der Waals surface area contributed by atoms with Gasteiger partial charge in [0.25, 0.3) is 0 Å². The van der Waals surface area contributed by atoms with E-state index < -0.39 is 0 Å². The van der Waals surface area contributed by atoms with Gasteiger partial charge in [-0.25, -0.2) is 0 Å². The second kappa shape index (κ2) is 13.0. The normalized spacial score (nSPS) is 10.7. The highest BCUT2D eigenvalue weighted by molar-refractivity contribution is 9.10. The zero-order valence-electron chi connectivity index (χ0n) is 15.9. The third-order valence-corrected chi connectivity index (χ3v) is 4.29. The molecule has 0 aliphatic rings. The van der Waals surface area contributed by atoms with Crippen LogP contribution in [0.1, 0.15) is 5.56 Å². The van der Waals surface area contributed by atoms with E-state index in [1.165, 1.54) is 14.2 Å². The third-order valence-electron chi connectivity index (χ3n) is 3.33. The molecule has 9 heteroatoms. The van der Waals surface area contributed by atoms with Gasteiger partial charge in [-0.1, -0.05) is 0 Å². The van der Waals surface area contributed by atoms with Crippen molar-refractivity contribution >= 4 is 15.9 Å². The zero-order chi connectivity index (χ0) is 19.4. The quantitative estimate of drug-likeness (QED) is 0.324. The van der Waals surface area contributed by atoms with Crippen LogP contribution in [0.3, 0.4) is 0 Å². The van der Waals surface area contributed by atoms with Crippen molar-refractivity contribution in [3.8, 4) is 23.0 Å². The Balaban J connectivity index is 2.94. The summed E-state index contributed by atoms with van der Waals surface area (Å²) >= 11 is 3.52. The van der Waals surface area contributed by atoms with Crippen LogP contribution in [0.4, 0.5) is 0 Å². The van der Waals surface area contributed by atoms with Crippen LogP contribution in [0.25, 0.3) is 0 Å². The van der Waals surface area contributed by atoms with Crippen LogP contribution in [0.15, 0.2) is 4.47 Å². The van der Waals surface area contributed by atoms with Crippen LogP contribution >= 0.6 is 15.9 Å². The van der Waals surface area contributed by atoms with Gasteiger partial charge in [-0.05, 0) is 22.9 Å². The highest BCUT2D eigenvalue weighted by atomic mass is 79.9. The molecule has 150 valence electrons. The number of ether oxygens (including phenoxy) is 8. The maximum Gasteiger partial charge on any atom is 0.208 e. The number of hydrogen-bond donors (Lipinski definition) is 0. The summed E-state index contributed by atoms with van der Waals surface area (Å²) < 4.78 is 43.6. The van der Waals surface area contributed by atoms with E-state index in [0.29, 0.717) is 53.9 Å². The first kappa shape index (κ1) is 22.8. The highest BCUT2D eigenvalue weighted by Gasteiger charge is 2.25. The van der Waals surface area contributed by atoms with Crippen LogP contribution < -0.4 is 18.9 Å². The lowest BCUT2D eigenvalue weighted by atomic mass is 10.1. The van der Waals surface area contributed by atoms with E-state index in [-0.39, 0.29) is 13.6 Å². The number of rotatable bonds is 14. The minimum Gasteiger partial charge on any atom is -0.490 e. The van der Waals surface area contributed by atoms with Gasteiger partial charge in [0, 0.05) is 19.8 Å². The van der Waals surface area contributed by atoms with E-state index in [1.54, 1.807) is 14.2 Å². The zero-order valence-corrected chi connectivity index (χ0v) is 17.5. The average molecular weight is 439 g/mol. The number of benzene rings is 1. The third kappa shape index (κ3) is 6.48. The second-order valence-corrected chi connectivity index (χ2v) is 5.78. The van der Waals surface area contributed by atoms with Gasteiger partial charge in [-0.2, -0.15) is 0 Å². The summed E-state index contributed by atoms with van der Waals surface area (Å²) in [7, 11) is 6.27. The topological polar surface area (TPSA) is 73.8 Å². The highest BCUT2D eigenvalue weighted by Crippen LogP contribution is 2.51. The van der Waals surface area contributed by atoms with Gasteiger partial charge in [0.15, 0.2) is 25.1 Å². The molecule has 0 radical (unpaired) electrons. The maximum absolute atomic E-state index is 5.73. The van der Waals surface area contributed by atoms with E-state index >= 15 is 0 Å². The van der Waals surface area contributed by atoms with E-state index in [0.717, 1.165) is 5.56 Å². The molecule has 0 saturated heterocycles. The molecule has 0 heterocycles. The second-order valence-electron chi connectivity index (χ2n) is 4.99. The van der Waals surface area contributed by atoms with E-state index in [9.17, 15) is 0 Å². The molecule has 1 aromatic carbocycles. The Labute approximate surface area is 162 Å². The predicted molar refractivity (Wildman–Crippen MR) is 98.6 cm³/mol. The van der Waals surface area contributed by atoms with Gasteiger partial charge in [-0.15, -0.1) is 0 Å². The lowest BCUT2D eigenvalue weighted by Crippen LogP contribution is -2.11. The molecule has 0 fully saturated rings. The van der Waals surface area contributed by atoms with Gasteiger partial charge in [-0.3, -0.25) is 0 Å². The first-order valence-corrected chi connectivity index (χ1v) is 8.74. The average Bonchev–Trinajstić information content (AvgIpc) is 2.65. The largest absolute Gasteiger partial charge is 0.490 e. The summed E-state index contributed by atoms with van der Waals surface area (Å²) in [5, 5.41) is 0. The van der Waals surface area contributed by atoms with Gasteiger partial charge in [0.05, 0.1) is 45.1 Å². The minimum atomic E-state index is 0.0429. The molecular formula is C17H27BrO8. The van der Waals surface area contributed by atoms with Crippen molar-refractivity contribution < 1.29 is 37.9 Å². The van der Waals surface area contributed by atoms with Crippen LogP contribution in [0.2, 0.25) is 0 Å². The van der Waals surface area contributed by atoms with Crippen molar-refractivity contribution in [2.75, 3.05) is 68.5 Å². The molecule has 0 bridgehead atoms. The molecule has 1 aromatic rings. The summed E-state index contributed by atoms with van der Waals surface area (Å²) in [6, 6.07) is 0. The van der Waals surface area contributed by atoms with E-state index in [1.807, 2.05) is 6.92 Å². The molecule has 0 aromatic heterocycles. The Bertz CT molecular complexity index is 491. The monoisotopic (exact) mass is 438 g/mol. The van der Waals surface area contributed by atoms with Crippen molar-refractivity contribution in [1.82, 2.24) is 0 Å². The Morgan fingerprint density at radius 1 is 0.654 bits per heavy atom. The van der Waals surface area contributed by atoms with Gasteiger partial charge < -0.3 is 37.9 Å². The Hall–Kier alpha value is -1.26. The first-order valence-electron chi connectivity index (χ1n) is 7.95. The Kier molecular flexibility index (Phi) is 11.4. The van der Waals surface area contributed by atoms with Crippen LogP contribution in [-0.4, -0.2) is 68.5 Å². The van der Waals surface area contributed by atoms with Crippen LogP contribution in [0.5, 0.6) is 23.0 Å². The predicted octanol–water partition coefficient (Wildman–Crippen LogP) is 2.77. The molecule has 0 aliphatic carbocycles. The fraction of sp³-hybridized carbons (Fsp3) is 0.647. The first-order chi connectivity index (χ1) is 12.6. The number of halogens is 1. The van der Waals surface area contributed by atoms with Crippen molar-refractivity contribution in [1.29, 1.82) is 0 Å². The fourth-order valence-electron chi connectivity index (χ4n) is 2.02. The summed E-state index contributed by atoms with van der Waals surface area (Å²) in [5.41, 5.74) is 0.782. The van der Waals surface area contributed by atoms with E-state index in [4.69, 9.17) is 37.9 Å². The molecule has 0 spiro atoms. The molecule has 26 heavy (non-hydrogen) atoms. The molecule has 8 nitrogen and oxygen atoms in total. The van der Waals surface area contributed by atoms with Gasteiger partial charge in [0.1, 0.15) is 0 Å². The summed E-state index contributed by atoms with van der Waals surface area (Å²) in [6.07, 6.45) is 0.